The summed E-state index contributed by atoms with van der Waals surface area (Å²) >= 11 is 3.25. The number of nitrogens with one attached hydrogen (secondary N) is 2. The second-order valence-corrected chi connectivity index (χ2v) is 8.13. The van der Waals surface area contributed by atoms with Crippen LogP contribution in [0.15, 0.2) is 39.9 Å². The number of hydrogen-bond donors (Lipinski definition) is 3. The van der Waals surface area contributed by atoms with E-state index in [1.807, 2.05) is 13.8 Å². The number of hydrazone groups is 1. The zero-order valence-electron chi connectivity index (χ0n) is 17.8. The lowest BCUT2D eigenvalue weighted by Gasteiger charge is -2.20. The van der Waals surface area contributed by atoms with Crippen LogP contribution in [0.3, 0.4) is 0 Å². The smallest absolute Gasteiger partial charge is 0.262 e. The van der Waals surface area contributed by atoms with Gasteiger partial charge in [-0.2, -0.15) is 5.10 Å². The first-order valence-electron chi connectivity index (χ1n) is 9.98. The first-order valence-corrected chi connectivity index (χ1v) is 10.8. The lowest BCUT2D eigenvalue weighted by atomic mass is 10.0. The highest BCUT2D eigenvalue weighted by Crippen LogP contribution is 2.35. The molecule has 1 unspecified atom stereocenters. The van der Waals surface area contributed by atoms with Crippen LogP contribution in [0.5, 0.6) is 23.0 Å². The number of rotatable bonds is 8. The summed E-state index contributed by atoms with van der Waals surface area (Å²) in [6.45, 7) is 5.94. The van der Waals surface area contributed by atoms with E-state index in [1.54, 1.807) is 37.3 Å². The lowest BCUT2D eigenvalue weighted by Crippen LogP contribution is -2.48. The maximum Gasteiger partial charge on any atom is 0.262 e. The summed E-state index contributed by atoms with van der Waals surface area (Å²) in [6, 6.07) is 7.25. The lowest BCUT2D eigenvalue weighted by molar-refractivity contribution is -0.123. The maximum atomic E-state index is 12.7. The van der Waals surface area contributed by atoms with Crippen LogP contribution in [-0.2, 0) is 4.79 Å². The minimum atomic E-state index is -0.810. The Morgan fingerprint density at radius 3 is 2.72 bits per heavy atom. The highest BCUT2D eigenvalue weighted by atomic mass is 79.9. The summed E-state index contributed by atoms with van der Waals surface area (Å²) in [5, 5.41) is 16.7. The molecule has 2 amide bonds. The van der Waals surface area contributed by atoms with Crippen LogP contribution in [0.25, 0.3) is 0 Å². The Morgan fingerprint density at radius 2 is 2.00 bits per heavy atom. The molecule has 32 heavy (non-hydrogen) atoms. The van der Waals surface area contributed by atoms with Crippen molar-refractivity contribution in [1.29, 1.82) is 0 Å². The maximum absolute atomic E-state index is 12.7. The van der Waals surface area contributed by atoms with Crippen LogP contribution in [0.4, 0.5) is 0 Å². The Bertz CT molecular complexity index is 1040. The quantitative estimate of drug-likeness (QED) is 0.374. The monoisotopic (exact) mass is 505 g/mol. The first-order chi connectivity index (χ1) is 15.3. The summed E-state index contributed by atoms with van der Waals surface area (Å²) in [6.07, 6.45) is 1.42. The van der Waals surface area contributed by atoms with Crippen molar-refractivity contribution >= 4 is 34.0 Å². The average Bonchev–Trinajstić information content (AvgIpc) is 3.23. The average molecular weight is 506 g/mol. The second-order valence-electron chi connectivity index (χ2n) is 7.28. The van der Waals surface area contributed by atoms with Gasteiger partial charge >= 0.3 is 0 Å². The van der Waals surface area contributed by atoms with E-state index in [1.165, 1.54) is 6.21 Å². The van der Waals surface area contributed by atoms with Gasteiger partial charge in [-0.25, -0.2) is 5.43 Å². The standard InChI is InChI=1S/C22H24BrN3O6/c1-4-30-18-8-13(7-15(23)20(18)27)10-24-26-22(29)19(12(2)3)25-21(28)14-5-6-16-17(9-14)32-11-31-16/h5-10,12,19,27H,4,11H2,1-3H3,(H,25,28)(H,26,29)/b24-10+. The summed E-state index contributed by atoms with van der Waals surface area (Å²) in [5.41, 5.74) is 3.41. The third-order valence-electron chi connectivity index (χ3n) is 4.61. The third kappa shape index (κ3) is 5.50. The Kier molecular flexibility index (Phi) is 7.57. The summed E-state index contributed by atoms with van der Waals surface area (Å²) < 4.78 is 16.4. The van der Waals surface area contributed by atoms with Gasteiger partial charge in [0.2, 0.25) is 6.79 Å². The molecule has 0 fully saturated rings. The molecule has 0 bridgehead atoms. The number of aromatic hydroxyl groups is 1. The van der Waals surface area contributed by atoms with Crippen molar-refractivity contribution in [2.45, 2.75) is 26.8 Å². The molecule has 0 aliphatic carbocycles. The van der Waals surface area contributed by atoms with E-state index in [4.69, 9.17) is 14.2 Å². The first kappa shape index (κ1) is 23.4. The molecule has 2 aromatic carbocycles. The fourth-order valence-corrected chi connectivity index (χ4v) is 3.43. The van der Waals surface area contributed by atoms with Crippen molar-refractivity contribution in [2.75, 3.05) is 13.4 Å². The van der Waals surface area contributed by atoms with E-state index in [2.05, 4.69) is 31.8 Å². The molecular weight excluding hydrogens is 482 g/mol. The highest BCUT2D eigenvalue weighted by Gasteiger charge is 2.25. The zero-order chi connectivity index (χ0) is 23.3. The van der Waals surface area contributed by atoms with Crippen LogP contribution >= 0.6 is 15.9 Å². The zero-order valence-corrected chi connectivity index (χ0v) is 19.4. The van der Waals surface area contributed by atoms with Gasteiger partial charge in [0.25, 0.3) is 11.8 Å². The Labute approximate surface area is 193 Å². The van der Waals surface area contributed by atoms with Crippen molar-refractivity contribution in [3.63, 3.8) is 0 Å². The summed E-state index contributed by atoms with van der Waals surface area (Å²) in [5.74, 6) is 0.278. The molecule has 3 N–H and O–H groups in total. The predicted octanol–water partition coefficient (Wildman–Crippen LogP) is 3.19. The highest BCUT2D eigenvalue weighted by molar-refractivity contribution is 9.10. The van der Waals surface area contributed by atoms with E-state index in [-0.39, 0.29) is 18.5 Å². The SMILES string of the molecule is CCOc1cc(/C=N/NC(=O)C(NC(=O)c2ccc3c(c2)OCO3)C(C)C)cc(Br)c1O. The molecule has 9 nitrogen and oxygen atoms in total. The molecule has 0 radical (unpaired) electrons. The molecular formula is C22H24BrN3O6. The van der Waals surface area contributed by atoms with Gasteiger partial charge in [-0.1, -0.05) is 13.8 Å². The van der Waals surface area contributed by atoms with Gasteiger partial charge in [0, 0.05) is 5.56 Å². The molecule has 1 atom stereocenters. The van der Waals surface area contributed by atoms with Gasteiger partial charge in [-0.15, -0.1) is 0 Å². The summed E-state index contributed by atoms with van der Waals surface area (Å²) in [4.78, 5) is 25.3. The number of amides is 2. The van der Waals surface area contributed by atoms with E-state index in [0.717, 1.165) is 0 Å². The Morgan fingerprint density at radius 1 is 1.25 bits per heavy atom. The molecule has 1 aliphatic heterocycles. The molecule has 0 saturated heterocycles. The minimum Gasteiger partial charge on any atom is -0.503 e. The molecule has 10 heteroatoms. The van der Waals surface area contributed by atoms with Crippen molar-refractivity contribution in [2.24, 2.45) is 11.0 Å². The molecule has 1 heterocycles. The fourth-order valence-electron chi connectivity index (χ4n) is 2.97. The number of nitrogens with zero attached hydrogens (tertiary/aromatic N) is 1. The Hall–Kier alpha value is -3.27. The molecule has 2 aromatic rings. The van der Waals surface area contributed by atoms with Crippen LogP contribution in [0, 0.1) is 5.92 Å². The van der Waals surface area contributed by atoms with Gasteiger partial charge in [0.05, 0.1) is 17.3 Å². The Balaban J connectivity index is 1.66. The number of carbonyl (C=O) groups excluding carboxylic acids is 2. The van der Waals surface area contributed by atoms with Crippen molar-refractivity contribution < 1.29 is 28.9 Å². The van der Waals surface area contributed by atoms with Gasteiger partial charge in [-0.3, -0.25) is 9.59 Å². The molecule has 0 saturated carbocycles. The normalized spacial score (nSPS) is 13.3. The molecule has 1 aliphatic rings. The topological polar surface area (TPSA) is 118 Å². The molecule has 3 rings (SSSR count). The van der Waals surface area contributed by atoms with Crippen LogP contribution in [0.2, 0.25) is 0 Å². The number of fused-ring (bicyclic) bond motifs is 1. The number of phenols is 1. The number of phenolic OH excluding ortho intramolecular Hbond substituents is 1. The van der Waals surface area contributed by atoms with Crippen LogP contribution < -0.4 is 25.0 Å². The predicted molar refractivity (Wildman–Crippen MR) is 121 cm³/mol. The molecule has 0 spiro atoms. The minimum absolute atomic E-state index is 0.0147. The number of halogens is 1. The van der Waals surface area contributed by atoms with Gasteiger partial charge in [0.15, 0.2) is 23.0 Å². The van der Waals surface area contributed by atoms with Crippen LogP contribution in [0.1, 0.15) is 36.7 Å². The van der Waals surface area contributed by atoms with E-state index < -0.39 is 17.9 Å². The molecule has 0 aromatic heterocycles. The van der Waals surface area contributed by atoms with Gasteiger partial charge in [-0.05, 0) is 64.7 Å². The van der Waals surface area contributed by atoms with E-state index in [0.29, 0.717) is 39.5 Å². The van der Waals surface area contributed by atoms with E-state index >= 15 is 0 Å². The number of hydrogen-bond acceptors (Lipinski definition) is 7. The number of ether oxygens (including phenoxy) is 3. The number of carbonyl (C=O) groups is 2. The van der Waals surface area contributed by atoms with Crippen molar-refractivity contribution in [1.82, 2.24) is 10.7 Å². The van der Waals surface area contributed by atoms with Crippen LogP contribution in [-0.4, -0.2) is 42.6 Å². The largest absolute Gasteiger partial charge is 0.503 e. The van der Waals surface area contributed by atoms with Crippen molar-refractivity contribution in [3.8, 4) is 23.0 Å². The fraction of sp³-hybridized carbons (Fsp3) is 0.318. The van der Waals surface area contributed by atoms with Crippen molar-refractivity contribution in [3.05, 3.63) is 45.9 Å². The van der Waals surface area contributed by atoms with E-state index in [9.17, 15) is 14.7 Å². The summed E-state index contributed by atoms with van der Waals surface area (Å²) in [7, 11) is 0. The number of benzene rings is 2. The third-order valence-corrected chi connectivity index (χ3v) is 5.21. The molecule has 170 valence electrons. The second kappa shape index (κ2) is 10.4. The van der Waals surface area contributed by atoms with Gasteiger partial charge < -0.3 is 24.6 Å². The van der Waals surface area contributed by atoms with Gasteiger partial charge in [0.1, 0.15) is 6.04 Å².